The number of rotatable bonds is 7. The number of anilines is 1. The molecule has 0 saturated carbocycles. The molecule has 0 radical (unpaired) electrons. The van der Waals surface area contributed by atoms with E-state index in [1.54, 1.807) is 42.5 Å². The van der Waals surface area contributed by atoms with Gasteiger partial charge in [-0.25, -0.2) is 8.42 Å². The van der Waals surface area contributed by atoms with Crippen LogP contribution >= 0.6 is 11.8 Å². The molecule has 8 nitrogen and oxygen atoms in total. The molecule has 0 bridgehead atoms. The van der Waals surface area contributed by atoms with Gasteiger partial charge in [-0.3, -0.25) is 19.3 Å². The first-order chi connectivity index (χ1) is 15.3. The fourth-order valence-electron chi connectivity index (χ4n) is 3.08. The van der Waals surface area contributed by atoms with Crippen LogP contribution in [0.4, 0.5) is 10.5 Å². The molecule has 164 valence electrons. The molecule has 32 heavy (non-hydrogen) atoms. The van der Waals surface area contributed by atoms with Gasteiger partial charge in [-0.1, -0.05) is 42.1 Å². The SMILES string of the molecule is O=C(Nc1ccc(CN2C(=O)CSC2=O)cc1)c1ccc(CS(=O)(=O)c2ccccc2)o1. The molecular weight excluding hydrogens is 452 g/mol. The maximum atomic E-state index is 12.5. The van der Waals surface area contributed by atoms with Gasteiger partial charge in [0.15, 0.2) is 15.6 Å². The van der Waals surface area contributed by atoms with Crippen LogP contribution in [0.3, 0.4) is 0 Å². The molecule has 1 aliphatic rings. The van der Waals surface area contributed by atoms with E-state index in [4.69, 9.17) is 4.42 Å². The molecule has 3 amide bonds. The monoisotopic (exact) mass is 470 g/mol. The molecule has 1 N–H and O–H groups in total. The maximum absolute atomic E-state index is 12.5. The largest absolute Gasteiger partial charge is 0.455 e. The lowest BCUT2D eigenvalue weighted by molar-refractivity contribution is -0.125. The van der Waals surface area contributed by atoms with Crippen LogP contribution in [-0.4, -0.2) is 36.1 Å². The van der Waals surface area contributed by atoms with E-state index in [-0.39, 0.29) is 45.6 Å². The minimum atomic E-state index is -3.59. The van der Waals surface area contributed by atoms with Crippen molar-refractivity contribution in [3.63, 3.8) is 0 Å². The van der Waals surface area contributed by atoms with Crippen molar-refractivity contribution in [1.82, 2.24) is 4.90 Å². The molecule has 1 aliphatic heterocycles. The molecule has 0 unspecified atom stereocenters. The maximum Gasteiger partial charge on any atom is 0.291 e. The number of nitrogens with one attached hydrogen (secondary N) is 1. The van der Waals surface area contributed by atoms with Gasteiger partial charge in [0.25, 0.3) is 11.1 Å². The molecule has 1 saturated heterocycles. The number of imide groups is 1. The number of furan rings is 1. The first-order valence-electron chi connectivity index (χ1n) is 9.56. The number of benzene rings is 2. The van der Waals surface area contributed by atoms with E-state index in [9.17, 15) is 22.8 Å². The number of sulfone groups is 1. The summed E-state index contributed by atoms with van der Waals surface area (Å²) < 4.78 is 30.4. The Kier molecular flexibility index (Phi) is 6.15. The Labute approximate surface area is 188 Å². The van der Waals surface area contributed by atoms with Crippen molar-refractivity contribution in [3.8, 4) is 0 Å². The van der Waals surface area contributed by atoms with Gasteiger partial charge < -0.3 is 9.73 Å². The smallest absolute Gasteiger partial charge is 0.291 e. The first-order valence-corrected chi connectivity index (χ1v) is 12.2. The normalized spacial score (nSPS) is 14.1. The van der Waals surface area contributed by atoms with Crippen molar-refractivity contribution in [2.75, 3.05) is 11.1 Å². The quantitative estimate of drug-likeness (QED) is 0.560. The topological polar surface area (TPSA) is 114 Å². The fourth-order valence-corrected chi connectivity index (χ4v) is 5.07. The molecule has 4 rings (SSSR count). The summed E-state index contributed by atoms with van der Waals surface area (Å²) in [5.41, 5.74) is 1.24. The number of carbonyl (C=O) groups excluding carboxylic acids is 3. The summed E-state index contributed by atoms with van der Waals surface area (Å²) in [4.78, 5) is 37.2. The molecule has 10 heteroatoms. The lowest BCUT2D eigenvalue weighted by Gasteiger charge is -2.13. The van der Waals surface area contributed by atoms with Crippen LogP contribution in [-0.2, 0) is 26.9 Å². The number of carbonyl (C=O) groups is 3. The number of amides is 3. The number of hydrogen-bond acceptors (Lipinski definition) is 7. The summed E-state index contributed by atoms with van der Waals surface area (Å²) in [5.74, 6) is -0.803. The lowest BCUT2D eigenvalue weighted by Crippen LogP contribution is -2.27. The van der Waals surface area contributed by atoms with E-state index in [1.807, 2.05) is 0 Å². The van der Waals surface area contributed by atoms with Gasteiger partial charge in [0.2, 0.25) is 5.91 Å². The highest BCUT2D eigenvalue weighted by Crippen LogP contribution is 2.22. The highest BCUT2D eigenvalue weighted by Gasteiger charge is 2.29. The standard InChI is InChI=1S/C22H18N2O6S2/c25-20-13-31-22(27)24(20)12-15-6-8-16(9-7-15)23-21(26)19-11-10-17(30-19)14-32(28,29)18-4-2-1-3-5-18/h1-11H,12-14H2,(H,23,26). The van der Waals surface area contributed by atoms with Crippen molar-refractivity contribution >= 4 is 44.3 Å². The van der Waals surface area contributed by atoms with Crippen LogP contribution in [0.2, 0.25) is 0 Å². The summed E-state index contributed by atoms with van der Waals surface area (Å²) in [6.45, 7) is 0.177. The molecule has 2 heterocycles. The zero-order chi connectivity index (χ0) is 22.7. The second kappa shape index (κ2) is 9.01. The van der Waals surface area contributed by atoms with Crippen LogP contribution in [0.25, 0.3) is 0 Å². The predicted molar refractivity (Wildman–Crippen MR) is 119 cm³/mol. The Bertz CT molecular complexity index is 1250. The summed E-state index contributed by atoms with van der Waals surface area (Å²) in [7, 11) is -3.59. The lowest BCUT2D eigenvalue weighted by atomic mass is 10.2. The van der Waals surface area contributed by atoms with Crippen LogP contribution < -0.4 is 5.32 Å². The summed E-state index contributed by atoms with van der Waals surface area (Å²) in [6, 6.07) is 17.6. The second-order valence-corrected chi connectivity index (χ2v) is 9.94. The van der Waals surface area contributed by atoms with Crippen LogP contribution in [0.5, 0.6) is 0 Å². The van der Waals surface area contributed by atoms with Crippen molar-refractivity contribution < 1.29 is 27.2 Å². The summed E-state index contributed by atoms with van der Waals surface area (Å²) in [6.07, 6.45) is 0. The number of hydrogen-bond donors (Lipinski definition) is 1. The molecule has 1 fully saturated rings. The molecule has 0 atom stereocenters. The number of nitrogens with zero attached hydrogens (tertiary/aromatic N) is 1. The third-order valence-electron chi connectivity index (χ3n) is 4.71. The highest BCUT2D eigenvalue weighted by atomic mass is 32.2. The zero-order valence-corrected chi connectivity index (χ0v) is 18.3. The Balaban J connectivity index is 1.38. The number of thioether (sulfide) groups is 1. The minimum absolute atomic E-state index is 0.0161. The third-order valence-corrected chi connectivity index (χ3v) is 7.23. The molecule has 3 aromatic rings. The molecular formula is C22H18N2O6S2. The highest BCUT2D eigenvalue weighted by molar-refractivity contribution is 8.14. The summed E-state index contributed by atoms with van der Waals surface area (Å²) >= 11 is 0.978. The van der Waals surface area contributed by atoms with E-state index in [1.165, 1.54) is 29.2 Å². The molecule has 0 aliphatic carbocycles. The fraction of sp³-hybridized carbons (Fsp3) is 0.136. The Morgan fingerprint density at radius 1 is 1.00 bits per heavy atom. The van der Waals surface area contributed by atoms with Crippen molar-refractivity contribution in [3.05, 3.63) is 83.8 Å². The van der Waals surface area contributed by atoms with E-state index in [0.29, 0.717) is 5.69 Å². The van der Waals surface area contributed by atoms with Gasteiger partial charge in [0.05, 0.1) is 17.2 Å². The Morgan fingerprint density at radius 2 is 1.72 bits per heavy atom. The van der Waals surface area contributed by atoms with E-state index < -0.39 is 15.7 Å². The first kappa shape index (κ1) is 21.8. The molecule has 1 aromatic heterocycles. The van der Waals surface area contributed by atoms with Crippen LogP contribution in [0.15, 0.2) is 76.0 Å². The Morgan fingerprint density at radius 3 is 2.38 bits per heavy atom. The average molecular weight is 471 g/mol. The predicted octanol–water partition coefficient (Wildman–Crippen LogP) is 3.70. The van der Waals surface area contributed by atoms with Crippen molar-refractivity contribution in [2.45, 2.75) is 17.2 Å². The van der Waals surface area contributed by atoms with Gasteiger partial charge >= 0.3 is 0 Å². The Hall–Kier alpha value is -3.37. The average Bonchev–Trinajstić information content (AvgIpc) is 3.37. The molecule has 2 aromatic carbocycles. The minimum Gasteiger partial charge on any atom is -0.455 e. The second-order valence-electron chi connectivity index (χ2n) is 7.02. The van der Waals surface area contributed by atoms with E-state index in [2.05, 4.69) is 5.32 Å². The van der Waals surface area contributed by atoms with Crippen molar-refractivity contribution in [2.24, 2.45) is 0 Å². The van der Waals surface area contributed by atoms with Gasteiger partial charge in [-0.05, 0) is 42.0 Å². The van der Waals surface area contributed by atoms with Crippen LogP contribution in [0.1, 0.15) is 21.9 Å². The van der Waals surface area contributed by atoms with Crippen LogP contribution in [0, 0.1) is 0 Å². The molecule has 0 spiro atoms. The van der Waals surface area contributed by atoms with Gasteiger partial charge in [0.1, 0.15) is 11.5 Å². The van der Waals surface area contributed by atoms with Gasteiger partial charge in [0, 0.05) is 5.69 Å². The van der Waals surface area contributed by atoms with Gasteiger partial charge in [-0.2, -0.15) is 0 Å². The third kappa shape index (κ3) is 4.92. The van der Waals surface area contributed by atoms with Crippen molar-refractivity contribution in [1.29, 1.82) is 0 Å². The van der Waals surface area contributed by atoms with E-state index >= 15 is 0 Å². The van der Waals surface area contributed by atoms with E-state index in [0.717, 1.165) is 17.3 Å². The zero-order valence-electron chi connectivity index (χ0n) is 16.7. The summed E-state index contributed by atoms with van der Waals surface area (Å²) in [5, 5.41) is 2.40. The van der Waals surface area contributed by atoms with Gasteiger partial charge in [-0.15, -0.1) is 0 Å².